The summed E-state index contributed by atoms with van der Waals surface area (Å²) in [6.07, 6.45) is 2.42. The molecule has 0 radical (unpaired) electrons. The Morgan fingerprint density at radius 2 is 1.70 bits per heavy atom. The van der Waals surface area contributed by atoms with Gasteiger partial charge in [-0.3, -0.25) is 4.90 Å². The molecule has 1 fully saturated rings. The molecule has 0 saturated carbocycles. The summed E-state index contributed by atoms with van der Waals surface area (Å²) in [6, 6.07) is 20.0. The van der Waals surface area contributed by atoms with E-state index in [0.717, 1.165) is 13.0 Å². The van der Waals surface area contributed by atoms with Crippen molar-refractivity contribution in [2.75, 3.05) is 13.1 Å². The van der Waals surface area contributed by atoms with Crippen molar-refractivity contribution in [2.24, 2.45) is 0 Å². The van der Waals surface area contributed by atoms with Crippen LogP contribution in [-0.2, 0) is 13.0 Å². The van der Waals surface area contributed by atoms with E-state index in [9.17, 15) is 0 Å². The first-order chi connectivity index (χ1) is 9.85. The third-order valence-electron chi connectivity index (χ3n) is 4.38. The Labute approximate surface area is 122 Å². The van der Waals surface area contributed by atoms with E-state index >= 15 is 0 Å². The lowest BCUT2D eigenvalue weighted by Crippen LogP contribution is -2.19. The van der Waals surface area contributed by atoms with Gasteiger partial charge in [-0.2, -0.15) is 0 Å². The van der Waals surface area contributed by atoms with Crippen molar-refractivity contribution in [3.63, 3.8) is 0 Å². The molecule has 1 nitrogen and oxygen atoms in total. The standard InChI is InChI=1S/C19H23N/c1-2-16-8-10-18(11-9-16)19-12-13-20(15-19)14-17-6-4-3-5-7-17/h3-11,19H,2,12-15H2,1H3. The number of likely N-dealkylation sites (tertiary alicyclic amines) is 1. The molecular formula is C19H23N. The van der Waals surface area contributed by atoms with Crippen LogP contribution in [0, 0.1) is 0 Å². The van der Waals surface area contributed by atoms with Gasteiger partial charge in [0.2, 0.25) is 0 Å². The molecule has 0 aromatic heterocycles. The number of rotatable bonds is 4. The zero-order valence-corrected chi connectivity index (χ0v) is 12.3. The van der Waals surface area contributed by atoms with E-state index in [4.69, 9.17) is 0 Å². The van der Waals surface area contributed by atoms with Crippen molar-refractivity contribution in [1.29, 1.82) is 0 Å². The molecule has 1 heterocycles. The predicted molar refractivity (Wildman–Crippen MR) is 84.9 cm³/mol. The Hall–Kier alpha value is -1.60. The fraction of sp³-hybridized carbons (Fsp3) is 0.368. The highest BCUT2D eigenvalue weighted by Crippen LogP contribution is 2.28. The Kier molecular flexibility index (Phi) is 4.17. The Balaban J connectivity index is 1.61. The topological polar surface area (TPSA) is 3.24 Å². The van der Waals surface area contributed by atoms with Gasteiger partial charge in [0.1, 0.15) is 0 Å². The SMILES string of the molecule is CCc1ccc(C2CCN(Cc3ccccc3)C2)cc1. The fourth-order valence-corrected chi connectivity index (χ4v) is 3.12. The summed E-state index contributed by atoms with van der Waals surface area (Å²) in [5.41, 5.74) is 4.38. The molecule has 1 saturated heterocycles. The number of hydrogen-bond acceptors (Lipinski definition) is 1. The molecule has 2 aromatic rings. The van der Waals surface area contributed by atoms with E-state index in [1.807, 2.05) is 0 Å². The maximum Gasteiger partial charge on any atom is 0.0233 e. The highest BCUT2D eigenvalue weighted by molar-refractivity contribution is 5.26. The van der Waals surface area contributed by atoms with E-state index in [2.05, 4.69) is 66.4 Å². The van der Waals surface area contributed by atoms with Crippen LogP contribution in [-0.4, -0.2) is 18.0 Å². The van der Waals surface area contributed by atoms with Crippen molar-refractivity contribution >= 4 is 0 Å². The average molecular weight is 265 g/mol. The van der Waals surface area contributed by atoms with E-state index in [-0.39, 0.29) is 0 Å². The lowest BCUT2D eigenvalue weighted by Gasteiger charge is -2.16. The molecular weight excluding hydrogens is 242 g/mol. The zero-order chi connectivity index (χ0) is 13.8. The third-order valence-corrected chi connectivity index (χ3v) is 4.38. The van der Waals surface area contributed by atoms with Crippen LogP contribution in [0.1, 0.15) is 36.0 Å². The Morgan fingerprint density at radius 1 is 0.950 bits per heavy atom. The van der Waals surface area contributed by atoms with Crippen molar-refractivity contribution < 1.29 is 0 Å². The van der Waals surface area contributed by atoms with Gasteiger partial charge < -0.3 is 0 Å². The molecule has 0 aliphatic carbocycles. The first-order valence-corrected chi connectivity index (χ1v) is 7.70. The molecule has 104 valence electrons. The molecule has 0 bridgehead atoms. The largest absolute Gasteiger partial charge is 0.298 e. The quantitative estimate of drug-likeness (QED) is 0.799. The molecule has 0 spiro atoms. The van der Waals surface area contributed by atoms with Gasteiger partial charge in [0.25, 0.3) is 0 Å². The van der Waals surface area contributed by atoms with Gasteiger partial charge in [-0.25, -0.2) is 0 Å². The molecule has 3 rings (SSSR count). The van der Waals surface area contributed by atoms with Crippen molar-refractivity contribution in [2.45, 2.75) is 32.2 Å². The van der Waals surface area contributed by atoms with E-state index in [1.54, 1.807) is 0 Å². The van der Waals surface area contributed by atoms with Crippen LogP contribution >= 0.6 is 0 Å². The maximum atomic E-state index is 2.58. The number of aryl methyl sites for hydroxylation is 1. The number of nitrogens with zero attached hydrogens (tertiary/aromatic N) is 1. The summed E-state index contributed by atoms with van der Waals surface area (Å²) in [4.78, 5) is 2.58. The highest BCUT2D eigenvalue weighted by atomic mass is 15.1. The summed E-state index contributed by atoms with van der Waals surface area (Å²) in [7, 11) is 0. The first kappa shape index (κ1) is 13.4. The highest BCUT2D eigenvalue weighted by Gasteiger charge is 2.23. The summed E-state index contributed by atoms with van der Waals surface area (Å²) >= 11 is 0. The van der Waals surface area contributed by atoms with E-state index in [1.165, 1.54) is 36.2 Å². The smallest absolute Gasteiger partial charge is 0.0233 e. The summed E-state index contributed by atoms with van der Waals surface area (Å²) < 4.78 is 0. The normalized spacial score (nSPS) is 19.4. The van der Waals surface area contributed by atoms with E-state index < -0.39 is 0 Å². The number of hydrogen-bond donors (Lipinski definition) is 0. The minimum Gasteiger partial charge on any atom is -0.298 e. The van der Waals surface area contributed by atoms with Crippen LogP contribution in [0.3, 0.4) is 0 Å². The van der Waals surface area contributed by atoms with Gasteiger partial charge in [-0.15, -0.1) is 0 Å². The van der Waals surface area contributed by atoms with Crippen LogP contribution in [0.25, 0.3) is 0 Å². The second-order valence-corrected chi connectivity index (χ2v) is 5.80. The molecule has 1 aliphatic heterocycles. The lowest BCUT2D eigenvalue weighted by atomic mass is 9.97. The minimum absolute atomic E-state index is 0.713. The van der Waals surface area contributed by atoms with Gasteiger partial charge in [0.15, 0.2) is 0 Å². The van der Waals surface area contributed by atoms with Gasteiger partial charge in [0, 0.05) is 13.1 Å². The first-order valence-electron chi connectivity index (χ1n) is 7.70. The van der Waals surface area contributed by atoms with Crippen LogP contribution in [0.5, 0.6) is 0 Å². The Morgan fingerprint density at radius 3 is 2.40 bits per heavy atom. The second kappa shape index (κ2) is 6.23. The summed E-state index contributed by atoms with van der Waals surface area (Å²) in [5.74, 6) is 0.713. The number of benzene rings is 2. The van der Waals surface area contributed by atoms with Crippen LogP contribution in [0.2, 0.25) is 0 Å². The molecule has 1 unspecified atom stereocenters. The van der Waals surface area contributed by atoms with Crippen molar-refractivity contribution in [3.05, 3.63) is 71.3 Å². The predicted octanol–water partition coefficient (Wildman–Crippen LogP) is 4.24. The van der Waals surface area contributed by atoms with Gasteiger partial charge in [-0.05, 0) is 42.0 Å². The monoisotopic (exact) mass is 265 g/mol. The third kappa shape index (κ3) is 3.10. The van der Waals surface area contributed by atoms with Crippen LogP contribution in [0.15, 0.2) is 54.6 Å². The lowest BCUT2D eigenvalue weighted by molar-refractivity contribution is 0.327. The van der Waals surface area contributed by atoms with Crippen molar-refractivity contribution in [3.8, 4) is 0 Å². The van der Waals surface area contributed by atoms with Gasteiger partial charge in [-0.1, -0.05) is 61.5 Å². The fourth-order valence-electron chi connectivity index (χ4n) is 3.12. The molecule has 1 atom stereocenters. The second-order valence-electron chi connectivity index (χ2n) is 5.80. The molecule has 1 heteroatoms. The molecule has 2 aromatic carbocycles. The maximum absolute atomic E-state index is 2.58. The summed E-state index contributed by atoms with van der Waals surface area (Å²) in [6.45, 7) is 5.71. The van der Waals surface area contributed by atoms with Gasteiger partial charge >= 0.3 is 0 Å². The molecule has 0 amide bonds. The van der Waals surface area contributed by atoms with Crippen LogP contribution in [0.4, 0.5) is 0 Å². The van der Waals surface area contributed by atoms with Crippen LogP contribution < -0.4 is 0 Å². The van der Waals surface area contributed by atoms with Crippen molar-refractivity contribution in [1.82, 2.24) is 4.90 Å². The molecule has 1 aliphatic rings. The minimum atomic E-state index is 0.713. The van der Waals surface area contributed by atoms with Gasteiger partial charge in [0.05, 0.1) is 0 Å². The Bertz CT molecular complexity index is 529. The molecule has 0 N–H and O–H groups in total. The van der Waals surface area contributed by atoms with E-state index in [0.29, 0.717) is 5.92 Å². The zero-order valence-electron chi connectivity index (χ0n) is 12.3. The summed E-state index contributed by atoms with van der Waals surface area (Å²) in [5, 5.41) is 0. The average Bonchev–Trinajstić information content (AvgIpc) is 2.97. The molecule has 20 heavy (non-hydrogen) atoms.